The molecule has 9 heteroatoms. The molecular formula is C31H40N6O3. The van der Waals surface area contributed by atoms with Crippen LogP contribution in [0.1, 0.15) is 74.7 Å². The summed E-state index contributed by atoms with van der Waals surface area (Å²) in [5.41, 5.74) is 3.66. The number of benzene rings is 1. The summed E-state index contributed by atoms with van der Waals surface area (Å²) in [5, 5.41) is 3.41. The number of fused-ring (bicyclic) bond motifs is 1. The van der Waals surface area contributed by atoms with Gasteiger partial charge in [0.05, 0.1) is 11.6 Å². The number of carbonyl (C=O) groups excluding carboxylic acids is 2. The van der Waals surface area contributed by atoms with Crippen LogP contribution >= 0.6 is 0 Å². The van der Waals surface area contributed by atoms with Crippen molar-refractivity contribution in [1.29, 1.82) is 0 Å². The number of anilines is 2. The lowest BCUT2D eigenvalue weighted by Crippen LogP contribution is -2.67. The van der Waals surface area contributed by atoms with E-state index in [2.05, 4.69) is 65.0 Å². The van der Waals surface area contributed by atoms with Crippen LogP contribution in [0.15, 0.2) is 43.1 Å². The van der Waals surface area contributed by atoms with Crippen molar-refractivity contribution in [2.24, 2.45) is 11.3 Å². The number of nitrogens with zero attached hydrogens (tertiary/aromatic N) is 5. The van der Waals surface area contributed by atoms with E-state index in [1.165, 1.54) is 48.6 Å². The van der Waals surface area contributed by atoms with Gasteiger partial charge in [0.2, 0.25) is 11.9 Å². The Balaban J connectivity index is 1.10. The van der Waals surface area contributed by atoms with Crippen LogP contribution in [-0.4, -0.2) is 64.5 Å². The third kappa shape index (κ3) is 5.07. The second kappa shape index (κ2) is 10.5. The highest BCUT2D eigenvalue weighted by atomic mass is 16.6. The number of cyclic esters (lactones) is 1. The second-order valence-corrected chi connectivity index (χ2v) is 12.2. The van der Waals surface area contributed by atoms with Crippen LogP contribution in [0, 0.1) is 11.3 Å². The van der Waals surface area contributed by atoms with Crippen molar-refractivity contribution in [2.75, 3.05) is 36.9 Å². The molecule has 3 heterocycles. The van der Waals surface area contributed by atoms with E-state index in [0.29, 0.717) is 35.8 Å². The van der Waals surface area contributed by atoms with Crippen LogP contribution in [0.3, 0.4) is 0 Å². The van der Waals surface area contributed by atoms with Crippen molar-refractivity contribution in [3.05, 3.63) is 59.8 Å². The molecule has 1 aromatic carbocycles. The molecule has 2 amide bonds. The minimum atomic E-state index is -0.372. The van der Waals surface area contributed by atoms with Gasteiger partial charge in [-0.05, 0) is 63.3 Å². The summed E-state index contributed by atoms with van der Waals surface area (Å²) in [6.45, 7) is 10.1. The van der Waals surface area contributed by atoms with E-state index >= 15 is 0 Å². The molecule has 1 N–H and O–H groups in total. The van der Waals surface area contributed by atoms with Gasteiger partial charge < -0.3 is 15.0 Å². The minimum Gasteiger partial charge on any atom is -0.444 e. The number of carbonyl (C=O) groups is 2. The summed E-state index contributed by atoms with van der Waals surface area (Å²) in [7, 11) is 2.29. The molecule has 9 nitrogen and oxygen atoms in total. The predicted octanol–water partition coefficient (Wildman–Crippen LogP) is 5.08. The van der Waals surface area contributed by atoms with Gasteiger partial charge in [-0.25, -0.2) is 9.78 Å². The number of ether oxygens (including phenoxy) is 1. The van der Waals surface area contributed by atoms with E-state index in [-0.39, 0.29) is 24.6 Å². The Kier molecular flexibility index (Phi) is 7.02. The number of aromatic nitrogens is 2. The monoisotopic (exact) mass is 544 g/mol. The summed E-state index contributed by atoms with van der Waals surface area (Å²) in [4.78, 5) is 39.2. The van der Waals surface area contributed by atoms with Crippen molar-refractivity contribution in [3.8, 4) is 0 Å². The SMILES string of the molecule is C=CC(=O)N1CC2(CC(N(C)C(CC3CC3)c3ccc([C@H](C)Nc4ncc5c(n4)N(CC)C(=O)OC5)cc3)C2)C1. The third-order valence-corrected chi connectivity index (χ3v) is 9.35. The minimum absolute atomic E-state index is 0.00339. The topological polar surface area (TPSA) is 90.9 Å². The van der Waals surface area contributed by atoms with Gasteiger partial charge >= 0.3 is 6.09 Å². The van der Waals surface area contributed by atoms with Crippen LogP contribution in [0.5, 0.6) is 0 Å². The van der Waals surface area contributed by atoms with Crippen LogP contribution in [0.2, 0.25) is 0 Å². The number of rotatable bonds is 10. The van der Waals surface area contributed by atoms with Gasteiger partial charge in [-0.2, -0.15) is 4.98 Å². The quantitative estimate of drug-likeness (QED) is 0.417. The Morgan fingerprint density at radius 1 is 1.25 bits per heavy atom. The molecule has 1 unspecified atom stereocenters. The van der Waals surface area contributed by atoms with E-state index in [4.69, 9.17) is 4.74 Å². The Morgan fingerprint density at radius 2 is 1.95 bits per heavy atom. The fourth-order valence-corrected chi connectivity index (χ4v) is 6.67. The van der Waals surface area contributed by atoms with Gasteiger partial charge in [0.15, 0.2) is 0 Å². The number of likely N-dealkylation sites (tertiary alicyclic amines) is 1. The molecular weight excluding hydrogens is 504 g/mol. The maximum atomic E-state index is 12.1. The first kappa shape index (κ1) is 26.7. The predicted molar refractivity (Wildman–Crippen MR) is 154 cm³/mol. The molecule has 2 aromatic rings. The van der Waals surface area contributed by atoms with Crippen molar-refractivity contribution in [3.63, 3.8) is 0 Å². The van der Waals surface area contributed by atoms with Crippen molar-refractivity contribution in [1.82, 2.24) is 19.8 Å². The lowest BCUT2D eigenvalue weighted by atomic mass is 9.60. The molecule has 2 atom stereocenters. The highest BCUT2D eigenvalue weighted by Gasteiger charge is 2.55. The highest BCUT2D eigenvalue weighted by molar-refractivity contribution is 5.89. The lowest BCUT2D eigenvalue weighted by Gasteiger charge is -2.61. The van der Waals surface area contributed by atoms with Crippen LogP contribution in [0.4, 0.5) is 16.6 Å². The average Bonchev–Trinajstić information content (AvgIpc) is 3.74. The van der Waals surface area contributed by atoms with E-state index in [9.17, 15) is 9.59 Å². The summed E-state index contributed by atoms with van der Waals surface area (Å²) in [5.74, 6) is 2.00. The largest absolute Gasteiger partial charge is 0.444 e. The summed E-state index contributed by atoms with van der Waals surface area (Å²) in [6.07, 6.45) is 9.00. The van der Waals surface area contributed by atoms with E-state index in [1.54, 1.807) is 6.20 Å². The first-order chi connectivity index (χ1) is 19.3. The number of nitrogens with one attached hydrogen (secondary N) is 1. The van der Waals surface area contributed by atoms with Crippen LogP contribution < -0.4 is 10.2 Å². The summed E-state index contributed by atoms with van der Waals surface area (Å²) >= 11 is 0. The van der Waals surface area contributed by atoms with Gasteiger partial charge in [-0.15, -0.1) is 0 Å². The van der Waals surface area contributed by atoms with Gasteiger partial charge in [0, 0.05) is 43.3 Å². The molecule has 40 heavy (non-hydrogen) atoms. The zero-order valence-electron chi connectivity index (χ0n) is 23.8. The molecule has 6 rings (SSSR count). The standard InChI is InChI=1S/C31H40N6O3/c1-5-27(38)36-18-31(19-36)14-25(15-31)35(4)26(13-21-7-8-21)23-11-9-22(10-12-23)20(3)33-29-32-16-24-17-40-30(39)37(6-2)28(24)34-29/h5,9-12,16,20-21,25-26H,1,6-8,13-15,17-19H2,2-4H3,(H,32,33,34)/t20-,26?/m0/s1. The van der Waals surface area contributed by atoms with Crippen LogP contribution in [0.25, 0.3) is 0 Å². The molecule has 2 saturated carbocycles. The number of hydrogen-bond donors (Lipinski definition) is 1. The van der Waals surface area contributed by atoms with Gasteiger partial charge in [-0.3, -0.25) is 14.6 Å². The number of amides is 2. The molecule has 212 valence electrons. The maximum Gasteiger partial charge on any atom is 0.415 e. The first-order valence-electron chi connectivity index (χ1n) is 14.6. The molecule has 4 aliphatic rings. The van der Waals surface area contributed by atoms with Gasteiger partial charge in [-0.1, -0.05) is 43.7 Å². The Morgan fingerprint density at radius 3 is 2.60 bits per heavy atom. The Labute approximate surface area is 236 Å². The van der Waals surface area contributed by atoms with E-state index in [0.717, 1.165) is 30.1 Å². The van der Waals surface area contributed by atoms with Crippen LogP contribution in [-0.2, 0) is 16.1 Å². The summed E-state index contributed by atoms with van der Waals surface area (Å²) in [6, 6.07) is 9.95. The first-order valence-corrected chi connectivity index (χ1v) is 14.6. The zero-order valence-corrected chi connectivity index (χ0v) is 23.8. The maximum absolute atomic E-state index is 12.1. The molecule has 1 aromatic heterocycles. The molecule has 1 spiro atoms. The third-order valence-electron chi connectivity index (χ3n) is 9.35. The molecule has 0 radical (unpaired) electrons. The fourth-order valence-electron chi connectivity index (χ4n) is 6.67. The molecule has 2 aliphatic carbocycles. The van der Waals surface area contributed by atoms with Crippen molar-refractivity contribution < 1.29 is 14.3 Å². The normalized spacial score (nSPS) is 21.2. The Hall–Kier alpha value is -3.46. The Bertz CT molecular complexity index is 1280. The molecule has 2 aliphatic heterocycles. The molecule has 3 fully saturated rings. The molecule has 1 saturated heterocycles. The zero-order chi connectivity index (χ0) is 28.0. The smallest absolute Gasteiger partial charge is 0.415 e. The van der Waals surface area contributed by atoms with Crippen molar-refractivity contribution in [2.45, 2.75) is 70.7 Å². The summed E-state index contributed by atoms with van der Waals surface area (Å²) < 4.78 is 5.20. The number of hydrogen-bond acceptors (Lipinski definition) is 7. The lowest BCUT2D eigenvalue weighted by molar-refractivity contribution is -0.153. The van der Waals surface area contributed by atoms with Gasteiger partial charge in [0.1, 0.15) is 12.4 Å². The second-order valence-electron chi connectivity index (χ2n) is 12.2. The van der Waals surface area contributed by atoms with Crippen molar-refractivity contribution >= 4 is 23.8 Å². The van der Waals surface area contributed by atoms with Gasteiger partial charge in [0.25, 0.3) is 0 Å². The highest BCUT2D eigenvalue weighted by Crippen LogP contribution is 2.52. The average molecular weight is 545 g/mol. The fraction of sp³-hybridized carbons (Fsp3) is 0.548. The molecule has 0 bridgehead atoms. The van der Waals surface area contributed by atoms with E-state index < -0.39 is 0 Å². The van der Waals surface area contributed by atoms with E-state index in [1.807, 2.05) is 11.8 Å².